The van der Waals surface area contributed by atoms with Crippen molar-refractivity contribution in [1.29, 1.82) is 0 Å². The Morgan fingerprint density at radius 3 is 2.65 bits per heavy atom. The second-order valence-corrected chi connectivity index (χ2v) is 4.94. The van der Waals surface area contributed by atoms with Crippen LogP contribution in [-0.4, -0.2) is 22.8 Å². The molecule has 2 N–H and O–H groups in total. The average molecular weight is 269 g/mol. The first-order chi connectivity index (χ1) is 9.58. The Morgan fingerprint density at radius 1 is 1.30 bits per heavy atom. The molecule has 20 heavy (non-hydrogen) atoms. The van der Waals surface area contributed by atoms with Gasteiger partial charge in [-0.3, -0.25) is 14.7 Å². The Kier molecular flexibility index (Phi) is 4.48. The standard InChI is InChI=1S/C16H19N3O/c1-12(14-6-8-18-9-7-14)19(2)11-13-4-3-5-15(10-13)16(17)20/h3-10,12H,11H2,1-2H3,(H2,17,20). The first kappa shape index (κ1) is 14.2. The number of pyridine rings is 1. The van der Waals surface area contributed by atoms with E-state index in [1.807, 2.05) is 30.3 Å². The van der Waals surface area contributed by atoms with Crippen LogP contribution in [0.4, 0.5) is 0 Å². The number of benzene rings is 1. The van der Waals surface area contributed by atoms with Crippen molar-refractivity contribution in [3.63, 3.8) is 0 Å². The normalized spacial score (nSPS) is 12.3. The molecule has 1 aromatic carbocycles. The van der Waals surface area contributed by atoms with E-state index in [0.29, 0.717) is 5.56 Å². The second kappa shape index (κ2) is 6.30. The zero-order chi connectivity index (χ0) is 14.5. The summed E-state index contributed by atoms with van der Waals surface area (Å²) in [5, 5.41) is 0. The maximum absolute atomic E-state index is 11.2. The Labute approximate surface area is 119 Å². The van der Waals surface area contributed by atoms with E-state index in [1.165, 1.54) is 5.56 Å². The first-order valence-corrected chi connectivity index (χ1v) is 6.57. The molecule has 1 heterocycles. The van der Waals surface area contributed by atoms with Crippen LogP contribution in [0.3, 0.4) is 0 Å². The van der Waals surface area contributed by atoms with E-state index < -0.39 is 5.91 Å². The van der Waals surface area contributed by atoms with Crippen molar-refractivity contribution >= 4 is 5.91 Å². The summed E-state index contributed by atoms with van der Waals surface area (Å²) >= 11 is 0. The van der Waals surface area contributed by atoms with Crippen LogP contribution in [-0.2, 0) is 6.54 Å². The van der Waals surface area contributed by atoms with Crippen LogP contribution < -0.4 is 5.73 Å². The molecule has 0 saturated heterocycles. The minimum atomic E-state index is -0.392. The summed E-state index contributed by atoms with van der Waals surface area (Å²) in [6.45, 7) is 2.90. The highest BCUT2D eigenvalue weighted by molar-refractivity contribution is 5.92. The van der Waals surface area contributed by atoms with Gasteiger partial charge in [0.25, 0.3) is 0 Å². The molecule has 0 spiro atoms. The van der Waals surface area contributed by atoms with Gasteiger partial charge in [0.15, 0.2) is 0 Å². The van der Waals surface area contributed by atoms with Gasteiger partial charge in [-0.15, -0.1) is 0 Å². The lowest BCUT2D eigenvalue weighted by atomic mass is 10.1. The fourth-order valence-electron chi connectivity index (χ4n) is 2.14. The number of aromatic nitrogens is 1. The number of carbonyl (C=O) groups excluding carboxylic acids is 1. The highest BCUT2D eigenvalue weighted by atomic mass is 16.1. The topological polar surface area (TPSA) is 59.2 Å². The van der Waals surface area contributed by atoms with Gasteiger partial charge in [-0.25, -0.2) is 0 Å². The molecule has 0 fully saturated rings. The zero-order valence-corrected chi connectivity index (χ0v) is 11.8. The van der Waals surface area contributed by atoms with Crippen LogP contribution >= 0.6 is 0 Å². The average Bonchev–Trinajstić information content (AvgIpc) is 2.47. The number of hydrogen-bond acceptors (Lipinski definition) is 3. The summed E-state index contributed by atoms with van der Waals surface area (Å²) < 4.78 is 0. The summed E-state index contributed by atoms with van der Waals surface area (Å²) in [6.07, 6.45) is 3.60. The summed E-state index contributed by atoms with van der Waals surface area (Å²) in [5.74, 6) is -0.392. The fourth-order valence-corrected chi connectivity index (χ4v) is 2.14. The van der Waals surface area contributed by atoms with Crippen LogP contribution in [0.1, 0.15) is 34.5 Å². The van der Waals surface area contributed by atoms with E-state index in [4.69, 9.17) is 5.73 Å². The van der Waals surface area contributed by atoms with Gasteiger partial charge in [0.2, 0.25) is 5.91 Å². The van der Waals surface area contributed by atoms with Crippen molar-refractivity contribution in [3.8, 4) is 0 Å². The van der Waals surface area contributed by atoms with Crippen LogP contribution in [0.25, 0.3) is 0 Å². The number of nitrogens with two attached hydrogens (primary N) is 1. The van der Waals surface area contributed by atoms with E-state index in [0.717, 1.165) is 12.1 Å². The molecule has 0 aliphatic carbocycles. The predicted octanol–water partition coefficient (Wildman–Crippen LogP) is 2.37. The lowest BCUT2D eigenvalue weighted by Crippen LogP contribution is -2.22. The van der Waals surface area contributed by atoms with Crippen molar-refractivity contribution in [2.45, 2.75) is 19.5 Å². The molecule has 0 aliphatic heterocycles. The number of hydrogen-bond donors (Lipinski definition) is 1. The van der Waals surface area contributed by atoms with Crippen molar-refractivity contribution in [2.75, 3.05) is 7.05 Å². The highest BCUT2D eigenvalue weighted by Crippen LogP contribution is 2.20. The molecule has 0 saturated carbocycles. The Hall–Kier alpha value is -2.20. The molecule has 1 aromatic heterocycles. The van der Waals surface area contributed by atoms with Gasteiger partial charge >= 0.3 is 0 Å². The predicted molar refractivity (Wildman–Crippen MR) is 79.1 cm³/mol. The van der Waals surface area contributed by atoms with Gasteiger partial charge < -0.3 is 5.73 Å². The molecule has 2 rings (SSSR count). The SMILES string of the molecule is CC(c1ccncc1)N(C)Cc1cccc(C(N)=O)c1. The summed E-state index contributed by atoms with van der Waals surface area (Å²) in [7, 11) is 2.06. The van der Waals surface area contributed by atoms with E-state index in [-0.39, 0.29) is 6.04 Å². The molecular formula is C16H19N3O. The van der Waals surface area contributed by atoms with Gasteiger partial charge in [-0.05, 0) is 49.4 Å². The number of rotatable bonds is 5. The monoisotopic (exact) mass is 269 g/mol. The third-order valence-corrected chi connectivity index (χ3v) is 3.49. The van der Waals surface area contributed by atoms with Crippen molar-refractivity contribution in [2.24, 2.45) is 5.73 Å². The van der Waals surface area contributed by atoms with Gasteiger partial charge in [0, 0.05) is 30.5 Å². The lowest BCUT2D eigenvalue weighted by Gasteiger charge is -2.25. The Balaban J connectivity index is 2.09. The van der Waals surface area contributed by atoms with Gasteiger partial charge in [-0.2, -0.15) is 0 Å². The summed E-state index contributed by atoms with van der Waals surface area (Å²) in [6, 6.07) is 11.7. The maximum Gasteiger partial charge on any atom is 0.248 e. The van der Waals surface area contributed by atoms with Crippen LogP contribution in [0.15, 0.2) is 48.8 Å². The molecule has 0 radical (unpaired) electrons. The van der Waals surface area contributed by atoms with Crippen LogP contribution in [0.5, 0.6) is 0 Å². The highest BCUT2D eigenvalue weighted by Gasteiger charge is 2.12. The van der Waals surface area contributed by atoms with Crippen molar-refractivity contribution < 1.29 is 4.79 Å². The smallest absolute Gasteiger partial charge is 0.248 e. The summed E-state index contributed by atoms with van der Waals surface area (Å²) in [4.78, 5) is 17.4. The molecule has 1 amide bonds. The van der Waals surface area contributed by atoms with Gasteiger partial charge in [-0.1, -0.05) is 12.1 Å². The molecule has 1 unspecified atom stereocenters. The third-order valence-electron chi connectivity index (χ3n) is 3.49. The molecule has 0 bridgehead atoms. The van der Waals surface area contributed by atoms with E-state index in [9.17, 15) is 4.79 Å². The number of amides is 1. The van der Waals surface area contributed by atoms with E-state index >= 15 is 0 Å². The quantitative estimate of drug-likeness (QED) is 0.906. The van der Waals surface area contributed by atoms with Crippen LogP contribution in [0.2, 0.25) is 0 Å². The third kappa shape index (κ3) is 3.42. The molecule has 1 atom stereocenters. The lowest BCUT2D eigenvalue weighted by molar-refractivity contribution is 0.1000. The van der Waals surface area contributed by atoms with Gasteiger partial charge in [0.1, 0.15) is 0 Å². The number of primary amides is 1. The minimum Gasteiger partial charge on any atom is -0.366 e. The molecular weight excluding hydrogens is 250 g/mol. The van der Waals surface area contributed by atoms with Crippen molar-refractivity contribution in [1.82, 2.24) is 9.88 Å². The molecule has 2 aromatic rings. The van der Waals surface area contributed by atoms with Crippen molar-refractivity contribution in [3.05, 3.63) is 65.5 Å². The Morgan fingerprint density at radius 2 is 2.00 bits per heavy atom. The minimum absolute atomic E-state index is 0.273. The zero-order valence-electron chi connectivity index (χ0n) is 11.8. The maximum atomic E-state index is 11.2. The first-order valence-electron chi connectivity index (χ1n) is 6.57. The fraction of sp³-hybridized carbons (Fsp3) is 0.250. The Bertz CT molecular complexity index is 583. The molecule has 4 heteroatoms. The van der Waals surface area contributed by atoms with Crippen LogP contribution in [0, 0.1) is 0 Å². The largest absolute Gasteiger partial charge is 0.366 e. The van der Waals surface area contributed by atoms with E-state index in [2.05, 4.69) is 23.9 Å². The summed E-state index contributed by atoms with van der Waals surface area (Å²) in [5.41, 5.74) is 8.14. The van der Waals surface area contributed by atoms with Gasteiger partial charge in [0.05, 0.1) is 0 Å². The number of nitrogens with zero attached hydrogens (tertiary/aromatic N) is 2. The molecule has 4 nitrogen and oxygen atoms in total. The molecule has 104 valence electrons. The van der Waals surface area contributed by atoms with E-state index in [1.54, 1.807) is 18.5 Å². The number of carbonyl (C=O) groups is 1. The molecule has 0 aliphatic rings. The second-order valence-electron chi connectivity index (χ2n) is 4.94.